The number of aryl methyl sites for hydroxylation is 1. The molecule has 0 unspecified atom stereocenters. The molecule has 1 aromatic carbocycles. The molecule has 2 heterocycles. The van der Waals surface area contributed by atoms with Crippen LogP contribution in [0.4, 0.5) is 5.69 Å². The highest BCUT2D eigenvalue weighted by Gasteiger charge is 2.05. The van der Waals surface area contributed by atoms with E-state index in [1.807, 2.05) is 49.4 Å². The number of benzene rings is 1. The first-order valence-electron chi connectivity index (χ1n) is 6.47. The van der Waals surface area contributed by atoms with Crippen molar-refractivity contribution in [2.24, 2.45) is 0 Å². The van der Waals surface area contributed by atoms with E-state index in [1.54, 1.807) is 12.5 Å². The van der Waals surface area contributed by atoms with Crippen LogP contribution >= 0.6 is 0 Å². The zero-order valence-electron chi connectivity index (χ0n) is 11.2. The molecule has 4 heteroatoms. The first-order valence-corrected chi connectivity index (χ1v) is 6.47. The van der Waals surface area contributed by atoms with Gasteiger partial charge in [-0.3, -0.25) is 4.98 Å². The average Bonchev–Trinajstić information content (AvgIpc) is 2.95. The van der Waals surface area contributed by atoms with Crippen molar-refractivity contribution in [2.75, 3.05) is 5.32 Å². The fourth-order valence-electron chi connectivity index (χ4n) is 1.95. The predicted octanol–water partition coefficient (Wildman–Crippen LogP) is 3.66. The highest BCUT2D eigenvalue weighted by molar-refractivity contribution is 5.52. The SMILES string of the molecule is Cc1cc(NCc2coc(-c3ccccc3)n2)ccn1. The summed E-state index contributed by atoms with van der Waals surface area (Å²) in [6.07, 6.45) is 3.47. The molecule has 20 heavy (non-hydrogen) atoms. The van der Waals surface area contributed by atoms with Gasteiger partial charge >= 0.3 is 0 Å². The molecular weight excluding hydrogens is 250 g/mol. The van der Waals surface area contributed by atoms with Crippen molar-refractivity contribution in [3.8, 4) is 11.5 Å². The van der Waals surface area contributed by atoms with Gasteiger partial charge in [-0.2, -0.15) is 0 Å². The molecule has 2 aromatic heterocycles. The predicted molar refractivity (Wildman–Crippen MR) is 78.2 cm³/mol. The lowest BCUT2D eigenvalue weighted by Crippen LogP contribution is -2.00. The number of nitrogens with zero attached hydrogens (tertiary/aromatic N) is 2. The molecule has 4 nitrogen and oxygen atoms in total. The molecule has 0 amide bonds. The van der Waals surface area contributed by atoms with E-state index < -0.39 is 0 Å². The Morgan fingerprint density at radius 1 is 1.15 bits per heavy atom. The van der Waals surface area contributed by atoms with Crippen LogP contribution in [0.2, 0.25) is 0 Å². The van der Waals surface area contributed by atoms with Gasteiger partial charge in [-0.05, 0) is 31.2 Å². The highest BCUT2D eigenvalue weighted by atomic mass is 16.3. The second-order valence-corrected chi connectivity index (χ2v) is 4.55. The molecule has 0 saturated heterocycles. The smallest absolute Gasteiger partial charge is 0.226 e. The molecule has 1 N–H and O–H groups in total. The Morgan fingerprint density at radius 2 is 2.00 bits per heavy atom. The van der Waals surface area contributed by atoms with Gasteiger partial charge in [-0.1, -0.05) is 18.2 Å². The van der Waals surface area contributed by atoms with Crippen molar-refractivity contribution in [3.05, 3.63) is 66.3 Å². The normalized spacial score (nSPS) is 10.4. The number of hydrogen-bond acceptors (Lipinski definition) is 4. The van der Waals surface area contributed by atoms with Crippen molar-refractivity contribution in [1.29, 1.82) is 0 Å². The molecule has 100 valence electrons. The monoisotopic (exact) mass is 265 g/mol. The molecule has 3 aromatic rings. The van der Waals surface area contributed by atoms with Crippen LogP contribution in [0.3, 0.4) is 0 Å². The van der Waals surface area contributed by atoms with Crippen molar-refractivity contribution < 1.29 is 4.42 Å². The third-order valence-corrected chi connectivity index (χ3v) is 2.94. The van der Waals surface area contributed by atoms with Gasteiger partial charge in [0.2, 0.25) is 5.89 Å². The number of oxazole rings is 1. The largest absolute Gasteiger partial charge is 0.444 e. The molecule has 0 aliphatic heterocycles. The van der Waals surface area contributed by atoms with Crippen molar-refractivity contribution in [1.82, 2.24) is 9.97 Å². The third kappa shape index (κ3) is 2.85. The standard InChI is InChI=1S/C16H15N3O/c1-12-9-14(7-8-17-12)18-10-15-11-20-16(19-15)13-5-3-2-4-6-13/h2-9,11H,10H2,1H3,(H,17,18). The third-order valence-electron chi connectivity index (χ3n) is 2.94. The van der Waals surface area contributed by atoms with Gasteiger partial charge < -0.3 is 9.73 Å². The second kappa shape index (κ2) is 5.57. The quantitative estimate of drug-likeness (QED) is 0.782. The fraction of sp³-hybridized carbons (Fsp3) is 0.125. The maximum atomic E-state index is 5.50. The second-order valence-electron chi connectivity index (χ2n) is 4.55. The van der Waals surface area contributed by atoms with Gasteiger partial charge in [0.15, 0.2) is 0 Å². The number of hydrogen-bond donors (Lipinski definition) is 1. The number of anilines is 1. The van der Waals surface area contributed by atoms with Gasteiger partial charge in [0, 0.05) is 23.1 Å². The lowest BCUT2D eigenvalue weighted by atomic mass is 10.2. The van der Waals surface area contributed by atoms with E-state index in [0.29, 0.717) is 12.4 Å². The summed E-state index contributed by atoms with van der Waals surface area (Å²) in [5, 5.41) is 3.30. The minimum atomic E-state index is 0.625. The van der Waals surface area contributed by atoms with Crippen LogP contribution in [0.25, 0.3) is 11.5 Å². The molecule has 0 aliphatic rings. The summed E-state index contributed by atoms with van der Waals surface area (Å²) in [6, 6.07) is 13.8. The first kappa shape index (κ1) is 12.4. The topological polar surface area (TPSA) is 51.0 Å². The molecule has 0 fully saturated rings. The molecule has 0 spiro atoms. The first-order chi connectivity index (χ1) is 9.81. The van der Waals surface area contributed by atoms with Crippen LogP contribution in [-0.4, -0.2) is 9.97 Å². The summed E-state index contributed by atoms with van der Waals surface area (Å²) in [5.74, 6) is 0.647. The van der Waals surface area contributed by atoms with E-state index in [0.717, 1.165) is 22.6 Å². The van der Waals surface area contributed by atoms with Gasteiger partial charge in [0.05, 0.1) is 12.2 Å². The minimum Gasteiger partial charge on any atom is -0.444 e. The lowest BCUT2D eigenvalue weighted by molar-refractivity contribution is 0.573. The van der Waals surface area contributed by atoms with E-state index in [-0.39, 0.29) is 0 Å². The van der Waals surface area contributed by atoms with E-state index in [4.69, 9.17) is 4.42 Å². The summed E-state index contributed by atoms with van der Waals surface area (Å²) in [7, 11) is 0. The van der Waals surface area contributed by atoms with Crippen molar-refractivity contribution >= 4 is 5.69 Å². The van der Waals surface area contributed by atoms with E-state index >= 15 is 0 Å². The fourth-order valence-corrected chi connectivity index (χ4v) is 1.95. The molecule has 3 rings (SSSR count). The molecule has 0 aliphatic carbocycles. The van der Waals surface area contributed by atoms with Crippen LogP contribution in [0.5, 0.6) is 0 Å². The Kier molecular flexibility index (Phi) is 3.46. The van der Waals surface area contributed by atoms with Gasteiger partial charge in [-0.25, -0.2) is 4.98 Å². The van der Waals surface area contributed by atoms with Crippen molar-refractivity contribution in [3.63, 3.8) is 0 Å². The Bertz CT molecular complexity index is 692. The van der Waals surface area contributed by atoms with Gasteiger partial charge in [0.25, 0.3) is 0 Å². The van der Waals surface area contributed by atoms with E-state index in [2.05, 4.69) is 15.3 Å². The van der Waals surface area contributed by atoms with Gasteiger partial charge in [0.1, 0.15) is 6.26 Å². The maximum Gasteiger partial charge on any atom is 0.226 e. The van der Waals surface area contributed by atoms with E-state index in [1.165, 1.54) is 0 Å². The molecule has 0 saturated carbocycles. The number of rotatable bonds is 4. The number of aromatic nitrogens is 2. The van der Waals surface area contributed by atoms with Crippen LogP contribution < -0.4 is 5.32 Å². The summed E-state index contributed by atoms with van der Waals surface area (Å²) in [6.45, 7) is 2.59. The van der Waals surface area contributed by atoms with Crippen LogP contribution in [0.1, 0.15) is 11.4 Å². The van der Waals surface area contributed by atoms with E-state index in [9.17, 15) is 0 Å². The van der Waals surface area contributed by atoms with Crippen LogP contribution in [0, 0.1) is 6.92 Å². The van der Waals surface area contributed by atoms with Crippen LogP contribution in [-0.2, 0) is 6.54 Å². The zero-order valence-corrected chi connectivity index (χ0v) is 11.2. The molecule has 0 radical (unpaired) electrons. The molecule has 0 atom stereocenters. The Morgan fingerprint density at radius 3 is 2.80 bits per heavy atom. The van der Waals surface area contributed by atoms with Gasteiger partial charge in [-0.15, -0.1) is 0 Å². The number of nitrogens with one attached hydrogen (secondary N) is 1. The average molecular weight is 265 g/mol. The molecule has 0 bridgehead atoms. The summed E-state index contributed by atoms with van der Waals surface area (Å²) in [5.41, 5.74) is 3.87. The molecular formula is C16H15N3O. The zero-order chi connectivity index (χ0) is 13.8. The summed E-state index contributed by atoms with van der Waals surface area (Å²) >= 11 is 0. The highest BCUT2D eigenvalue weighted by Crippen LogP contribution is 2.18. The Labute approximate surface area is 117 Å². The summed E-state index contributed by atoms with van der Waals surface area (Å²) in [4.78, 5) is 8.64. The van der Waals surface area contributed by atoms with Crippen LogP contribution in [0.15, 0.2) is 59.3 Å². The Balaban J connectivity index is 1.69. The number of pyridine rings is 1. The maximum absolute atomic E-state index is 5.50. The summed E-state index contributed by atoms with van der Waals surface area (Å²) < 4.78 is 5.50. The lowest BCUT2D eigenvalue weighted by Gasteiger charge is -2.03. The van der Waals surface area contributed by atoms with Crippen molar-refractivity contribution in [2.45, 2.75) is 13.5 Å². The Hall–Kier alpha value is -2.62. The minimum absolute atomic E-state index is 0.625.